The summed E-state index contributed by atoms with van der Waals surface area (Å²) >= 11 is 25.0. The lowest BCUT2D eigenvalue weighted by molar-refractivity contribution is -0.122. The van der Waals surface area contributed by atoms with Gasteiger partial charge in [-0.1, -0.05) is 77.0 Å². The van der Waals surface area contributed by atoms with Gasteiger partial charge in [-0.3, -0.25) is 14.5 Å². The van der Waals surface area contributed by atoms with Gasteiger partial charge in [0.2, 0.25) is 10.0 Å². The van der Waals surface area contributed by atoms with Gasteiger partial charge in [-0.2, -0.15) is 0 Å². The van der Waals surface area contributed by atoms with Gasteiger partial charge in [0, 0.05) is 12.1 Å². The zero-order valence-corrected chi connectivity index (χ0v) is 27.2. The number of hydrogen-bond acceptors (Lipinski definition) is 8. The lowest BCUT2D eigenvalue weighted by atomic mass is 10.1. The molecule has 0 aliphatic carbocycles. The van der Waals surface area contributed by atoms with Crippen molar-refractivity contribution in [3.8, 4) is 23.0 Å². The van der Waals surface area contributed by atoms with E-state index in [4.69, 9.17) is 66.0 Å². The van der Waals surface area contributed by atoms with Crippen LogP contribution in [-0.4, -0.2) is 58.9 Å². The van der Waals surface area contributed by atoms with E-state index in [9.17, 15) is 9.59 Å². The summed E-state index contributed by atoms with van der Waals surface area (Å²) in [6.45, 7) is 0.422. The fourth-order valence-corrected chi connectivity index (χ4v) is 5.63. The van der Waals surface area contributed by atoms with Crippen LogP contribution in [0.3, 0.4) is 0 Å². The molecule has 1 aliphatic rings. The number of halogens is 3. The Bertz CT molecular complexity index is 1510. The predicted octanol–water partition coefficient (Wildman–Crippen LogP) is 6.66. The highest BCUT2D eigenvalue weighted by Crippen LogP contribution is 2.35. The molecule has 0 aromatic heterocycles. The van der Waals surface area contributed by atoms with E-state index in [2.05, 4.69) is 5.32 Å². The molecule has 3 aromatic rings. The first kappa shape index (κ1) is 32.8. The van der Waals surface area contributed by atoms with E-state index < -0.39 is 15.9 Å². The summed E-state index contributed by atoms with van der Waals surface area (Å²) < 4.78 is 20.1. The molecule has 1 aliphatic heterocycles. The SMILES string of the molecule is COc1ccc(C(=O)NC(Oc2ccc(/C=C3\SC(=S)N(CCc4ccc(OC)c(OC)c4)C3=O)cc2)C(Cl)(Cl)Cl)cc1. The van der Waals surface area contributed by atoms with Crippen LogP contribution in [0.1, 0.15) is 21.5 Å². The third-order valence-electron chi connectivity index (χ3n) is 6.29. The van der Waals surface area contributed by atoms with E-state index >= 15 is 0 Å². The summed E-state index contributed by atoms with van der Waals surface area (Å²) in [5, 5.41) is 2.59. The maximum absolute atomic E-state index is 13.1. The summed E-state index contributed by atoms with van der Waals surface area (Å²) in [6.07, 6.45) is 1.04. The van der Waals surface area contributed by atoms with E-state index in [0.29, 0.717) is 50.8 Å². The molecule has 1 atom stereocenters. The molecule has 0 radical (unpaired) electrons. The predicted molar refractivity (Wildman–Crippen MR) is 175 cm³/mol. The zero-order chi connectivity index (χ0) is 31.1. The third kappa shape index (κ3) is 8.49. The fraction of sp³-hybridized carbons (Fsp3) is 0.233. The normalized spacial score (nSPS) is 14.9. The minimum Gasteiger partial charge on any atom is -0.497 e. The smallest absolute Gasteiger partial charge is 0.266 e. The number of thiocarbonyl (C=S) groups is 1. The molecule has 2 amide bonds. The molecule has 1 fully saturated rings. The Morgan fingerprint density at radius 1 is 0.953 bits per heavy atom. The average Bonchev–Trinajstić information content (AvgIpc) is 3.26. The van der Waals surface area contributed by atoms with Crippen LogP contribution >= 0.6 is 58.8 Å². The lowest BCUT2D eigenvalue weighted by Gasteiger charge is -2.26. The minimum absolute atomic E-state index is 0.173. The number of methoxy groups -OCH3 is 3. The van der Waals surface area contributed by atoms with E-state index in [1.165, 1.54) is 18.9 Å². The fourth-order valence-electron chi connectivity index (χ4n) is 4.02. The molecule has 3 aromatic carbocycles. The van der Waals surface area contributed by atoms with Crippen molar-refractivity contribution in [2.24, 2.45) is 0 Å². The van der Waals surface area contributed by atoms with Crippen molar-refractivity contribution in [2.45, 2.75) is 16.4 Å². The second-order valence-electron chi connectivity index (χ2n) is 9.08. The third-order valence-corrected chi connectivity index (χ3v) is 8.26. The molecule has 13 heteroatoms. The largest absolute Gasteiger partial charge is 0.497 e. The number of carbonyl (C=O) groups is 2. The van der Waals surface area contributed by atoms with Crippen molar-refractivity contribution in [3.63, 3.8) is 0 Å². The van der Waals surface area contributed by atoms with E-state index in [1.54, 1.807) is 73.7 Å². The summed E-state index contributed by atoms with van der Waals surface area (Å²) in [4.78, 5) is 27.9. The number of benzene rings is 3. The highest BCUT2D eigenvalue weighted by atomic mass is 35.6. The van der Waals surface area contributed by atoms with E-state index in [1.807, 2.05) is 18.2 Å². The van der Waals surface area contributed by atoms with Crippen molar-refractivity contribution in [2.75, 3.05) is 27.9 Å². The second-order valence-corrected chi connectivity index (χ2v) is 13.1. The number of thioether (sulfide) groups is 1. The van der Waals surface area contributed by atoms with Gasteiger partial charge >= 0.3 is 0 Å². The topological polar surface area (TPSA) is 86.3 Å². The standard InChI is InChI=1S/C30H27Cl3N2O6S2/c1-38-21-11-7-20(8-12-21)26(36)34-28(30(31,32)33)41-22-9-4-18(5-10-22)17-25-27(37)35(29(42)43-25)15-14-19-6-13-23(39-2)24(16-19)40-3/h4-13,16-17,28H,14-15H2,1-3H3,(H,34,36)/b25-17-. The van der Waals surface area contributed by atoms with Crippen LogP contribution < -0.4 is 24.3 Å². The van der Waals surface area contributed by atoms with Crippen LogP contribution in [0.2, 0.25) is 0 Å². The number of carbonyl (C=O) groups excluding carboxylic acids is 2. The number of nitrogens with one attached hydrogen (secondary N) is 1. The van der Waals surface area contributed by atoms with Crippen molar-refractivity contribution in [1.29, 1.82) is 0 Å². The highest BCUT2D eigenvalue weighted by molar-refractivity contribution is 8.26. The van der Waals surface area contributed by atoms with Crippen molar-refractivity contribution in [3.05, 3.63) is 88.3 Å². The first-order valence-corrected chi connectivity index (χ1v) is 15.1. The summed E-state index contributed by atoms with van der Waals surface area (Å²) in [5.74, 6) is 1.53. The molecule has 43 heavy (non-hydrogen) atoms. The molecule has 1 unspecified atom stereocenters. The van der Waals surface area contributed by atoms with Crippen molar-refractivity contribution < 1.29 is 28.5 Å². The number of hydrogen-bond donors (Lipinski definition) is 1. The molecule has 1 N–H and O–H groups in total. The number of ether oxygens (including phenoxy) is 4. The van der Waals surface area contributed by atoms with Gasteiger partial charge < -0.3 is 24.3 Å². The van der Waals surface area contributed by atoms with Gasteiger partial charge in [0.05, 0.1) is 26.2 Å². The second kappa shape index (κ2) is 14.5. The van der Waals surface area contributed by atoms with Gasteiger partial charge in [-0.05, 0) is 72.2 Å². The lowest BCUT2D eigenvalue weighted by Crippen LogP contribution is -2.47. The van der Waals surface area contributed by atoms with Crippen LogP contribution in [0.5, 0.6) is 23.0 Å². The molecule has 0 saturated carbocycles. The first-order valence-electron chi connectivity index (χ1n) is 12.8. The van der Waals surface area contributed by atoms with Gasteiger partial charge in [0.25, 0.3) is 11.8 Å². The Labute approximate surface area is 274 Å². The number of rotatable bonds is 11. The highest BCUT2D eigenvalue weighted by Gasteiger charge is 2.36. The monoisotopic (exact) mass is 680 g/mol. The van der Waals surface area contributed by atoms with E-state index in [0.717, 1.165) is 11.1 Å². The van der Waals surface area contributed by atoms with Crippen LogP contribution in [0, 0.1) is 0 Å². The molecule has 8 nitrogen and oxygen atoms in total. The van der Waals surface area contributed by atoms with Crippen LogP contribution in [0.25, 0.3) is 6.08 Å². The first-order chi connectivity index (χ1) is 20.5. The zero-order valence-electron chi connectivity index (χ0n) is 23.3. The van der Waals surface area contributed by atoms with Gasteiger partial charge in [0.15, 0.2) is 11.5 Å². The van der Waals surface area contributed by atoms with Crippen LogP contribution in [-0.2, 0) is 11.2 Å². The maximum Gasteiger partial charge on any atom is 0.266 e. The molecule has 226 valence electrons. The quantitative estimate of drug-likeness (QED) is 0.104. The number of amides is 2. The molecule has 1 saturated heterocycles. The molecule has 4 rings (SSSR count). The summed E-state index contributed by atoms with van der Waals surface area (Å²) in [5.41, 5.74) is 2.06. The summed E-state index contributed by atoms with van der Waals surface area (Å²) in [7, 11) is 4.69. The molecular formula is C30H27Cl3N2O6S2. The van der Waals surface area contributed by atoms with Crippen LogP contribution in [0.15, 0.2) is 71.6 Å². The van der Waals surface area contributed by atoms with E-state index in [-0.39, 0.29) is 5.91 Å². The van der Waals surface area contributed by atoms with Gasteiger partial charge in [-0.15, -0.1) is 0 Å². The Morgan fingerprint density at radius 3 is 2.21 bits per heavy atom. The van der Waals surface area contributed by atoms with Crippen molar-refractivity contribution in [1.82, 2.24) is 10.2 Å². The molecule has 1 heterocycles. The van der Waals surface area contributed by atoms with Gasteiger partial charge in [0.1, 0.15) is 15.8 Å². The Kier molecular flexibility index (Phi) is 11.1. The number of nitrogens with zero attached hydrogens (tertiary/aromatic N) is 1. The van der Waals surface area contributed by atoms with Crippen molar-refractivity contribution >= 4 is 81.0 Å². The van der Waals surface area contributed by atoms with Gasteiger partial charge in [-0.25, -0.2) is 0 Å². The Hall–Kier alpha value is -3.15. The maximum atomic E-state index is 13.1. The molecule has 0 spiro atoms. The molecular weight excluding hydrogens is 655 g/mol. The minimum atomic E-state index is -1.97. The number of alkyl halides is 3. The molecule has 0 bridgehead atoms. The van der Waals surface area contributed by atoms with Crippen LogP contribution in [0.4, 0.5) is 0 Å². The Morgan fingerprint density at radius 2 is 1.60 bits per heavy atom. The summed E-state index contributed by atoms with van der Waals surface area (Å²) in [6, 6.07) is 18.9. The average molecular weight is 682 g/mol. The Balaban J connectivity index is 1.39.